The lowest BCUT2D eigenvalue weighted by Crippen LogP contribution is -2.59. The summed E-state index contributed by atoms with van der Waals surface area (Å²) < 4.78 is 5.65. The fraction of sp³-hybridized carbons (Fsp3) is 0.909. The zero-order chi connectivity index (χ0) is 11.6. The van der Waals surface area contributed by atoms with E-state index >= 15 is 0 Å². The van der Waals surface area contributed by atoms with Gasteiger partial charge in [-0.05, 0) is 19.1 Å². The number of thioether (sulfide) groups is 1. The normalized spacial score (nSPS) is 27.5. The monoisotopic (exact) mass is 244 g/mol. The Labute approximate surface area is 101 Å². The Morgan fingerprint density at radius 3 is 2.88 bits per heavy atom. The standard InChI is InChI=1S/C11H20N2O2S/c1-11(7-12-8-11)15-5-10(14)13(2)9-3-4-16-6-9/h9,12H,3-8H2,1-2H3. The third kappa shape index (κ3) is 2.70. The largest absolute Gasteiger partial charge is 0.363 e. The zero-order valence-corrected chi connectivity index (χ0v) is 10.8. The Morgan fingerprint density at radius 2 is 2.38 bits per heavy atom. The highest BCUT2D eigenvalue weighted by atomic mass is 32.2. The number of carbonyl (C=O) groups is 1. The average Bonchev–Trinajstić information content (AvgIpc) is 2.75. The molecule has 2 aliphatic rings. The molecule has 0 aromatic carbocycles. The minimum absolute atomic E-state index is 0.112. The van der Waals surface area contributed by atoms with E-state index in [2.05, 4.69) is 5.32 Å². The van der Waals surface area contributed by atoms with E-state index < -0.39 is 0 Å². The molecule has 2 aliphatic heterocycles. The lowest BCUT2D eigenvalue weighted by molar-refractivity contribution is -0.146. The molecule has 0 saturated carbocycles. The van der Waals surface area contributed by atoms with Crippen molar-refractivity contribution in [2.45, 2.75) is 25.0 Å². The van der Waals surface area contributed by atoms with Crippen LogP contribution in [0.2, 0.25) is 0 Å². The van der Waals surface area contributed by atoms with Gasteiger partial charge in [-0.3, -0.25) is 4.79 Å². The first-order valence-electron chi connectivity index (χ1n) is 5.79. The maximum atomic E-state index is 11.9. The van der Waals surface area contributed by atoms with E-state index in [0.717, 1.165) is 25.3 Å². The van der Waals surface area contributed by atoms with Gasteiger partial charge in [0.2, 0.25) is 5.91 Å². The molecule has 2 saturated heterocycles. The van der Waals surface area contributed by atoms with Gasteiger partial charge in [0, 0.05) is 31.9 Å². The lowest BCUT2D eigenvalue weighted by atomic mass is 10.0. The molecule has 1 amide bonds. The number of nitrogens with one attached hydrogen (secondary N) is 1. The first kappa shape index (κ1) is 12.2. The van der Waals surface area contributed by atoms with Gasteiger partial charge in [0.15, 0.2) is 0 Å². The average molecular weight is 244 g/mol. The summed E-state index contributed by atoms with van der Waals surface area (Å²) in [7, 11) is 1.89. The van der Waals surface area contributed by atoms with Crippen LogP contribution in [-0.2, 0) is 9.53 Å². The van der Waals surface area contributed by atoms with Crippen molar-refractivity contribution >= 4 is 17.7 Å². The molecule has 92 valence electrons. The molecule has 2 rings (SSSR count). The quantitative estimate of drug-likeness (QED) is 0.774. The maximum absolute atomic E-state index is 11.9. The molecule has 16 heavy (non-hydrogen) atoms. The van der Waals surface area contributed by atoms with Crippen LogP contribution >= 0.6 is 11.8 Å². The number of hydrogen-bond donors (Lipinski definition) is 1. The van der Waals surface area contributed by atoms with E-state index in [1.165, 1.54) is 5.75 Å². The molecular formula is C11H20N2O2S. The molecule has 5 heteroatoms. The SMILES string of the molecule is CN(C(=O)COC1(C)CNC1)C1CCSC1. The lowest BCUT2D eigenvalue weighted by Gasteiger charge is -2.39. The van der Waals surface area contributed by atoms with Crippen molar-refractivity contribution in [3.8, 4) is 0 Å². The molecule has 0 radical (unpaired) electrons. The molecule has 0 aromatic rings. The number of likely N-dealkylation sites (N-methyl/N-ethyl adjacent to an activating group) is 1. The molecule has 0 aliphatic carbocycles. The zero-order valence-electron chi connectivity index (χ0n) is 9.99. The Hall–Kier alpha value is -0.260. The van der Waals surface area contributed by atoms with Crippen molar-refractivity contribution in [3.63, 3.8) is 0 Å². The van der Waals surface area contributed by atoms with Gasteiger partial charge in [-0.15, -0.1) is 0 Å². The molecule has 1 atom stereocenters. The minimum atomic E-state index is -0.124. The van der Waals surface area contributed by atoms with E-state index in [0.29, 0.717) is 6.04 Å². The second-order valence-corrected chi connectivity index (χ2v) is 6.01. The summed E-state index contributed by atoms with van der Waals surface area (Å²) in [5.41, 5.74) is -0.124. The molecule has 1 N–H and O–H groups in total. The predicted octanol–water partition coefficient (Wildman–Crippen LogP) is 0.329. The Kier molecular flexibility index (Phi) is 3.77. The van der Waals surface area contributed by atoms with Gasteiger partial charge in [0.1, 0.15) is 6.61 Å². The third-order valence-corrected chi connectivity index (χ3v) is 4.53. The van der Waals surface area contributed by atoms with Crippen LogP contribution in [0.15, 0.2) is 0 Å². The third-order valence-electron chi connectivity index (χ3n) is 3.39. The summed E-state index contributed by atoms with van der Waals surface area (Å²) in [6.45, 7) is 3.96. The van der Waals surface area contributed by atoms with Gasteiger partial charge in [0.05, 0.1) is 5.60 Å². The van der Waals surface area contributed by atoms with Crippen LogP contribution in [0.25, 0.3) is 0 Å². The van der Waals surface area contributed by atoms with Crippen molar-refractivity contribution in [1.29, 1.82) is 0 Å². The smallest absolute Gasteiger partial charge is 0.248 e. The number of carbonyl (C=O) groups excluding carboxylic acids is 1. The Morgan fingerprint density at radius 1 is 1.62 bits per heavy atom. The van der Waals surface area contributed by atoms with Crippen LogP contribution in [0, 0.1) is 0 Å². The van der Waals surface area contributed by atoms with Gasteiger partial charge < -0.3 is 15.0 Å². The molecule has 1 unspecified atom stereocenters. The van der Waals surface area contributed by atoms with Crippen LogP contribution < -0.4 is 5.32 Å². The topological polar surface area (TPSA) is 41.6 Å². The van der Waals surface area contributed by atoms with Crippen molar-refractivity contribution in [2.24, 2.45) is 0 Å². The fourth-order valence-corrected chi connectivity index (χ4v) is 3.22. The van der Waals surface area contributed by atoms with Crippen molar-refractivity contribution in [1.82, 2.24) is 10.2 Å². The van der Waals surface area contributed by atoms with E-state index in [-0.39, 0.29) is 18.1 Å². The summed E-state index contributed by atoms with van der Waals surface area (Å²) in [6.07, 6.45) is 1.12. The highest BCUT2D eigenvalue weighted by Gasteiger charge is 2.34. The summed E-state index contributed by atoms with van der Waals surface area (Å²) in [5.74, 6) is 2.35. The number of nitrogens with zero attached hydrogens (tertiary/aromatic N) is 1. The number of ether oxygens (including phenoxy) is 1. The first-order valence-corrected chi connectivity index (χ1v) is 6.94. The molecule has 4 nitrogen and oxygen atoms in total. The van der Waals surface area contributed by atoms with Crippen molar-refractivity contribution in [3.05, 3.63) is 0 Å². The maximum Gasteiger partial charge on any atom is 0.248 e. The molecule has 2 fully saturated rings. The first-order chi connectivity index (χ1) is 7.61. The second-order valence-electron chi connectivity index (χ2n) is 4.86. The van der Waals surface area contributed by atoms with Crippen LogP contribution in [0.4, 0.5) is 0 Å². The van der Waals surface area contributed by atoms with E-state index in [1.54, 1.807) is 0 Å². The molecular weight excluding hydrogens is 224 g/mol. The van der Waals surface area contributed by atoms with Gasteiger partial charge >= 0.3 is 0 Å². The number of amides is 1. The van der Waals surface area contributed by atoms with Crippen molar-refractivity contribution < 1.29 is 9.53 Å². The van der Waals surface area contributed by atoms with Gasteiger partial charge in [-0.2, -0.15) is 11.8 Å². The molecule has 0 bridgehead atoms. The summed E-state index contributed by atoms with van der Waals surface area (Å²) in [6, 6.07) is 0.411. The van der Waals surface area contributed by atoms with Crippen LogP contribution in [-0.4, -0.2) is 60.7 Å². The summed E-state index contributed by atoms with van der Waals surface area (Å²) in [5, 5.41) is 3.16. The Balaban J connectivity index is 1.74. The van der Waals surface area contributed by atoms with E-state index in [4.69, 9.17) is 4.74 Å². The summed E-state index contributed by atoms with van der Waals surface area (Å²) >= 11 is 1.92. The van der Waals surface area contributed by atoms with Crippen LogP contribution in [0.1, 0.15) is 13.3 Å². The predicted molar refractivity (Wildman–Crippen MR) is 65.7 cm³/mol. The van der Waals surface area contributed by atoms with E-state index in [1.807, 2.05) is 30.6 Å². The number of hydrogen-bond acceptors (Lipinski definition) is 4. The van der Waals surface area contributed by atoms with Gasteiger partial charge in [-0.25, -0.2) is 0 Å². The summed E-state index contributed by atoms with van der Waals surface area (Å²) in [4.78, 5) is 13.7. The van der Waals surface area contributed by atoms with Crippen molar-refractivity contribution in [2.75, 3.05) is 38.2 Å². The van der Waals surface area contributed by atoms with Crippen LogP contribution in [0.3, 0.4) is 0 Å². The molecule has 0 spiro atoms. The second kappa shape index (κ2) is 4.94. The van der Waals surface area contributed by atoms with Crippen LogP contribution in [0.5, 0.6) is 0 Å². The molecule has 0 aromatic heterocycles. The van der Waals surface area contributed by atoms with Gasteiger partial charge in [-0.1, -0.05) is 0 Å². The highest BCUT2D eigenvalue weighted by molar-refractivity contribution is 7.99. The highest BCUT2D eigenvalue weighted by Crippen LogP contribution is 2.22. The molecule has 2 heterocycles. The van der Waals surface area contributed by atoms with Gasteiger partial charge in [0.25, 0.3) is 0 Å². The van der Waals surface area contributed by atoms with E-state index in [9.17, 15) is 4.79 Å². The fourth-order valence-electron chi connectivity index (χ4n) is 1.95. The number of rotatable bonds is 4. The minimum Gasteiger partial charge on any atom is -0.363 e. The Bertz CT molecular complexity index is 263.